The maximum atomic E-state index is 13.8. The van der Waals surface area contributed by atoms with E-state index in [2.05, 4.69) is 53.8 Å². The summed E-state index contributed by atoms with van der Waals surface area (Å²) in [5.41, 5.74) is 5.57. The summed E-state index contributed by atoms with van der Waals surface area (Å²) in [5.74, 6) is -1.39. The van der Waals surface area contributed by atoms with E-state index in [0.717, 1.165) is 6.54 Å². The normalized spacial score (nSPS) is 11.5. The van der Waals surface area contributed by atoms with Crippen LogP contribution in [0.5, 0.6) is 0 Å². The van der Waals surface area contributed by atoms with Gasteiger partial charge in [0.2, 0.25) is 0 Å². The van der Waals surface area contributed by atoms with Gasteiger partial charge in [0.05, 0.1) is 11.3 Å². The van der Waals surface area contributed by atoms with E-state index < -0.39 is 11.7 Å². The Morgan fingerprint density at radius 3 is 2.38 bits per heavy atom. The highest BCUT2D eigenvalue weighted by atomic mass is 79.9. The van der Waals surface area contributed by atoms with E-state index >= 15 is 0 Å². The molecule has 1 amide bonds. The number of primary amides is 1. The Morgan fingerprint density at radius 1 is 1.33 bits per heavy atom. The Hall–Kier alpha value is -1.14. The van der Waals surface area contributed by atoms with Crippen molar-refractivity contribution in [2.24, 2.45) is 5.73 Å². The fraction of sp³-hybridized carbons (Fsp3) is 0.533. The second kappa shape index (κ2) is 7.75. The second-order valence-corrected chi connectivity index (χ2v) is 6.44. The highest BCUT2D eigenvalue weighted by Gasteiger charge is 2.17. The first kappa shape index (κ1) is 17.9. The van der Waals surface area contributed by atoms with Crippen molar-refractivity contribution in [3.05, 3.63) is 28.0 Å². The van der Waals surface area contributed by atoms with E-state index in [-0.39, 0.29) is 5.56 Å². The molecule has 0 unspecified atom stereocenters. The zero-order valence-corrected chi connectivity index (χ0v) is 14.5. The lowest BCUT2D eigenvalue weighted by molar-refractivity contribution is 0.0997. The number of carbonyl (C=O) groups is 1. The number of hydrogen-bond donors (Lipinski definition) is 2. The molecule has 118 valence electrons. The molecule has 0 spiro atoms. The number of nitrogens with zero attached hydrogens (tertiary/aromatic N) is 1. The molecule has 0 fully saturated rings. The Labute approximate surface area is 134 Å². The lowest BCUT2D eigenvalue weighted by atomic mass is 10.1. The average molecular weight is 360 g/mol. The van der Waals surface area contributed by atoms with E-state index in [1.54, 1.807) is 6.07 Å². The van der Waals surface area contributed by atoms with E-state index in [1.165, 1.54) is 6.07 Å². The van der Waals surface area contributed by atoms with Gasteiger partial charge in [-0.2, -0.15) is 0 Å². The van der Waals surface area contributed by atoms with Gasteiger partial charge in [0, 0.05) is 29.6 Å². The van der Waals surface area contributed by atoms with Crippen molar-refractivity contribution in [1.29, 1.82) is 0 Å². The van der Waals surface area contributed by atoms with Crippen molar-refractivity contribution in [3.63, 3.8) is 0 Å². The summed E-state index contributed by atoms with van der Waals surface area (Å²) < 4.78 is 14.4. The van der Waals surface area contributed by atoms with Crippen LogP contribution in [-0.2, 0) is 0 Å². The van der Waals surface area contributed by atoms with Crippen LogP contribution in [0.3, 0.4) is 0 Å². The summed E-state index contributed by atoms with van der Waals surface area (Å²) in [6.07, 6.45) is 0. The summed E-state index contributed by atoms with van der Waals surface area (Å²) in [6, 6.07) is 3.74. The first-order valence-corrected chi connectivity index (χ1v) is 7.81. The van der Waals surface area contributed by atoms with Gasteiger partial charge in [-0.3, -0.25) is 9.69 Å². The van der Waals surface area contributed by atoms with Crippen molar-refractivity contribution >= 4 is 27.5 Å². The lowest BCUT2D eigenvalue weighted by Gasteiger charge is -2.30. The monoisotopic (exact) mass is 359 g/mol. The predicted molar refractivity (Wildman–Crippen MR) is 88.1 cm³/mol. The molecule has 4 nitrogen and oxygen atoms in total. The minimum atomic E-state index is -0.771. The van der Waals surface area contributed by atoms with E-state index in [4.69, 9.17) is 5.73 Å². The SMILES string of the molecule is CC(C)N(CCNc1cc(Br)cc(F)c1C(N)=O)C(C)C. The van der Waals surface area contributed by atoms with Gasteiger partial charge in [-0.05, 0) is 39.8 Å². The van der Waals surface area contributed by atoms with E-state index in [9.17, 15) is 9.18 Å². The molecule has 0 saturated carbocycles. The van der Waals surface area contributed by atoms with Crippen LogP contribution in [0.1, 0.15) is 38.1 Å². The summed E-state index contributed by atoms with van der Waals surface area (Å²) in [5, 5.41) is 3.10. The summed E-state index contributed by atoms with van der Waals surface area (Å²) in [6.45, 7) is 9.93. The number of nitrogens with one attached hydrogen (secondary N) is 1. The molecule has 3 N–H and O–H groups in total. The van der Waals surface area contributed by atoms with Gasteiger partial charge in [0.15, 0.2) is 0 Å². The molecule has 0 aliphatic carbocycles. The molecular formula is C15H23BrFN3O. The van der Waals surface area contributed by atoms with Gasteiger partial charge in [0.1, 0.15) is 5.82 Å². The van der Waals surface area contributed by atoms with Crippen LogP contribution in [0.2, 0.25) is 0 Å². The van der Waals surface area contributed by atoms with Crippen LogP contribution in [0.15, 0.2) is 16.6 Å². The zero-order chi connectivity index (χ0) is 16.2. The third kappa shape index (κ3) is 4.97. The van der Waals surface area contributed by atoms with E-state index in [0.29, 0.717) is 28.8 Å². The Bertz CT molecular complexity index is 498. The van der Waals surface area contributed by atoms with Crippen LogP contribution in [0.25, 0.3) is 0 Å². The van der Waals surface area contributed by atoms with Crippen LogP contribution in [-0.4, -0.2) is 36.0 Å². The first-order chi connectivity index (χ1) is 9.73. The first-order valence-electron chi connectivity index (χ1n) is 7.02. The lowest BCUT2D eigenvalue weighted by Crippen LogP contribution is -2.40. The molecule has 0 bridgehead atoms. The topological polar surface area (TPSA) is 58.4 Å². The molecule has 1 rings (SSSR count). The Kier molecular flexibility index (Phi) is 6.61. The molecule has 0 aliphatic rings. The van der Waals surface area contributed by atoms with Gasteiger partial charge in [0.25, 0.3) is 5.91 Å². The van der Waals surface area contributed by atoms with Crippen molar-refractivity contribution in [2.75, 3.05) is 18.4 Å². The number of carbonyl (C=O) groups excluding carboxylic acids is 1. The van der Waals surface area contributed by atoms with Gasteiger partial charge < -0.3 is 11.1 Å². The largest absolute Gasteiger partial charge is 0.383 e. The molecule has 6 heteroatoms. The number of hydrogen-bond acceptors (Lipinski definition) is 3. The van der Waals surface area contributed by atoms with Gasteiger partial charge >= 0.3 is 0 Å². The molecule has 1 aromatic carbocycles. The van der Waals surface area contributed by atoms with E-state index in [1.807, 2.05) is 0 Å². The minimum absolute atomic E-state index is 0.0983. The Morgan fingerprint density at radius 2 is 1.90 bits per heavy atom. The quantitative estimate of drug-likeness (QED) is 0.785. The van der Waals surface area contributed by atoms with Crippen LogP contribution in [0, 0.1) is 5.82 Å². The maximum absolute atomic E-state index is 13.8. The number of anilines is 1. The van der Waals surface area contributed by atoms with Gasteiger partial charge in [-0.1, -0.05) is 15.9 Å². The number of halogens is 2. The predicted octanol–water partition coefficient (Wildman–Crippen LogP) is 3.22. The van der Waals surface area contributed by atoms with Gasteiger partial charge in [-0.25, -0.2) is 4.39 Å². The molecule has 0 saturated heterocycles. The molecule has 0 atom stereocenters. The third-order valence-corrected chi connectivity index (χ3v) is 3.77. The van der Waals surface area contributed by atoms with Crippen molar-refractivity contribution in [1.82, 2.24) is 4.90 Å². The summed E-state index contributed by atoms with van der Waals surface area (Å²) in [7, 11) is 0. The van der Waals surface area contributed by atoms with Crippen LogP contribution in [0.4, 0.5) is 10.1 Å². The highest BCUT2D eigenvalue weighted by Crippen LogP contribution is 2.24. The fourth-order valence-electron chi connectivity index (χ4n) is 2.40. The molecule has 0 aliphatic heterocycles. The van der Waals surface area contributed by atoms with Gasteiger partial charge in [-0.15, -0.1) is 0 Å². The minimum Gasteiger partial charge on any atom is -0.383 e. The summed E-state index contributed by atoms with van der Waals surface area (Å²) >= 11 is 3.22. The van der Waals surface area contributed by atoms with Crippen LogP contribution < -0.4 is 11.1 Å². The molecule has 0 aromatic heterocycles. The molecule has 0 heterocycles. The fourth-order valence-corrected chi connectivity index (χ4v) is 2.83. The Balaban J connectivity index is 2.82. The average Bonchev–Trinajstić information content (AvgIpc) is 2.31. The number of amides is 1. The maximum Gasteiger partial charge on any atom is 0.253 e. The number of rotatable bonds is 7. The highest BCUT2D eigenvalue weighted by molar-refractivity contribution is 9.10. The van der Waals surface area contributed by atoms with Crippen molar-refractivity contribution < 1.29 is 9.18 Å². The number of benzene rings is 1. The standard InChI is InChI=1S/C15H23BrFN3O/c1-9(2)20(10(3)4)6-5-19-13-8-11(16)7-12(17)14(13)15(18)21/h7-10,19H,5-6H2,1-4H3,(H2,18,21). The van der Waals surface area contributed by atoms with Crippen LogP contribution >= 0.6 is 15.9 Å². The molecule has 1 aromatic rings. The summed E-state index contributed by atoms with van der Waals surface area (Å²) in [4.78, 5) is 13.7. The molecule has 21 heavy (non-hydrogen) atoms. The molecular weight excluding hydrogens is 337 g/mol. The van der Waals surface area contributed by atoms with Crippen molar-refractivity contribution in [3.8, 4) is 0 Å². The third-order valence-electron chi connectivity index (χ3n) is 3.31. The number of nitrogens with two attached hydrogens (primary N) is 1. The smallest absolute Gasteiger partial charge is 0.253 e. The molecule has 0 radical (unpaired) electrons. The van der Waals surface area contributed by atoms with Crippen molar-refractivity contribution in [2.45, 2.75) is 39.8 Å². The zero-order valence-electron chi connectivity index (χ0n) is 12.9. The second-order valence-electron chi connectivity index (χ2n) is 5.53.